The Balaban J connectivity index is 1.65. The van der Waals surface area contributed by atoms with Crippen LogP contribution in [0.15, 0.2) is 48.6 Å². The van der Waals surface area contributed by atoms with E-state index in [1.165, 1.54) is 44.1 Å². The maximum atomic E-state index is 14.9. The highest BCUT2D eigenvalue weighted by Gasteiger charge is 2.29. The molecule has 0 saturated heterocycles. The summed E-state index contributed by atoms with van der Waals surface area (Å²) in [5, 5.41) is 0. The van der Waals surface area contributed by atoms with Crippen LogP contribution >= 0.6 is 0 Å². The zero-order chi connectivity index (χ0) is 15.4. The first-order valence-electron chi connectivity index (χ1n) is 8.85. The molecule has 0 bridgehead atoms. The molecule has 0 aliphatic heterocycles. The molecule has 2 aliphatic carbocycles. The van der Waals surface area contributed by atoms with Crippen molar-refractivity contribution in [1.82, 2.24) is 0 Å². The van der Waals surface area contributed by atoms with Crippen molar-refractivity contribution in [3.8, 4) is 0 Å². The molecule has 0 radical (unpaired) electrons. The third kappa shape index (κ3) is 3.34. The Morgan fingerprint density at radius 3 is 2.36 bits per heavy atom. The summed E-state index contributed by atoms with van der Waals surface area (Å²) in [6.45, 7) is 2.28. The van der Waals surface area contributed by atoms with Gasteiger partial charge >= 0.3 is 0 Å². The van der Waals surface area contributed by atoms with Gasteiger partial charge in [0.05, 0.1) is 0 Å². The molecular formula is C21H27F. The van der Waals surface area contributed by atoms with Crippen LogP contribution in [0.2, 0.25) is 0 Å². The summed E-state index contributed by atoms with van der Waals surface area (Å²) < 4.78 is 14.9. The Labute approximate surface area is 134 Å². The lowest BCUT2D eigenvalue weighted by Crippen LogP contribution is -2.18. The fraction of sp³-hybridized carbons (Fsp3) is 0.524. The molecule has 2 aliphatic rings. The minimum Gasteiger partial charge on any atom is -0.234 e. The number of alkyl halides is 1. The molecule has 1 saturated carbocycles. The van der Waals surface area contributed by atoms with Gasteiger partial charge in [-0.2, -0.15) is 0 Å². The van der Waals surface area contributed by atoms with Gasteiger partial charge in [0.1, 0.15) is 0 Å². The minimum atomic E-state index is -1.31. The van der Waals surface area contributed by atoms with Crippen molar-refractivity contribution in [2.75, 3.05) is 0 Å². The normalized spacial score (nSPS) is 31.4. The summed E-state index contributed by atoms with van der Waals surface area (Å²) in [5.41, 5.74) is 0.876. The molecule has 3 rings (SSSR count). The zero-order valence-corrected chi connectivity index (χ0v) is 13.6. The van der Waals surface area contributed by atoms with Crippen LogP contribution in [0.5, 0.6) is 0 Å². The average Bonchev–Trinajstić information content (AvgIpc) is 2.57. The standard InChI is InChI=1S/C21H27F/c1-2-6-17-7-9-18(10-8-17)19-11-13-20(14-12-19)21(22)15-4-3-5-16-21/h3-5,11-15,17-18H,2,6-10,16H2,1H3. The SMILES string of the molecule is CCCC1CCC(c2ccc(C3(F)C=CC=CC3)cc2)CC1. The zero-order valence-electron chi connectivity index (χ0n) is 13.6. The van der Waals surface area contributed by atoms with Crippen LogP contribution in [-0.4, -0.2) is 0 Å². The highest BCUT2D eigenvalue weighted by atomic mass is 19.1. The Kier molecular flexibility index (Phi) is 4.81. The van der Waals surface area contributed by atoms with Crippen molar-refractivity contribution < 1.29 is 4.39 Å². The molecule has 1 aromatic carbocycles. The van der Waals surface area contributed by atoms with Crippen LogP contribution in [-0.2, 0) is 5.67 Å². The number of hydrogen-bond acceptors (Lipinski definition) is 0. The van der Waals surface area contributed by atoms with Gasteiger partial charge in [0.15, 0.2) is 5.67 Å². The van der Waals surface area contributed by atoms with Crippen LogP contribution in [0.1, 0.15) is 68.9 Å². The second kappa shape index (κ2) is 6.81. The quantitative estimate of drug-likeness (QED) is 0.600. The molecule has 1 aromatic rings. The van der Waals surface area contributed by atoms with Gasteiger partial charge in [0.2, 0.25) is 0 Å². The largest absolute Gasteiger partial charge is 0.234 e. The third-order valence-electron chi connectivity index (χ3n) is 5.43. The second-order valence-corrected chi connectivity index (χ2v) is 6.98. The summed E-state index contributed by atoms with van der Waals surface area (Å²) in [5.74, 6) is 1.62. The molecule has 0 nitrogen and oxygen atoms in total. The number of hydrogen-bond donors (Lipinski definition) is 0. The minimum absolute atomic E-state index is 0.449. The summed E-state index contributed by atoms with van der Waals surface area (Å²) in [6, 6.07) is 8.31. The van der Waals surface area contributed by atoms with Gasteiger partial charge in [-0.05, 0) is 54.7 Å². The summed E-state index contributed by atoms with van der Waals surface area (Å²) >= 11 is 0. The fourth-order valence-electron chi connectivity index (χ4n) is 4.03. The fourth-order valence-corrected chi connectivity index (χ4v) is 4.03. The molecular weight excluding hydrogens is 271 g/mol. The van der Waals surface area contributed by atoms with Gasteiger partial charge in [-0.25, -0.2) is 4.39 Å². The maximum Gasteiger partial charge on any atom is 0.157 e. The Morgan fingerprint density at radius 2 is 1.77 bits per heavy atom. The lowest BCUT2D eigenvalue weighted by molar-refractivity contribution is 0.235. The van der Waals surface area contributed by atoms with Gasteiger partial charge in [-0.1, -0.05) is 62.3 Å². The molecule has 1 heteroatoms. The van der Waals surface area contributed by atoms with Crippen molar-refractivity contribution in [1.29, 1.82) is 0 Å². The number of halogens is 1. The molecule has 0 spiro atoms. The molecule has 0 aromatic heterocycles. The number of rotatable bonds is 4. The Morgan fingerprint density at radius 1 is 1.05 bits per heavy atom. The molecule has 0 N–H and O–H groups in total. The maximum absolute atomic E-state index is 14.9. The van der Waals surface area contributed by atoms with E-state index >= 15 is 0 Å². The molecule has 118 valence electrons. The molecule has 1 fully saturated rings. The Hall–Kier alpha value is -1.37. The van der Waals surface area contributed by atoms with E-state index in [2.05, 4.69) is 19.1 Å². The van der Waals surface area contributed by atoms with Gasteiger partial charge in [-0.15, -0.1) is 0 Å². The second-order valence-electron chi connectivity index (χ2n) is 6.98. The van der Waals surface area contributed by atoms with E-state index in [-0.39, 0.29) is 0 Å². The van der Waals surface area contributed by atoms with Crippen LogP contribution in [0, 0.1) is 5.92 Å². The van der Waals surface area contributed by atoms with E-state index in [0.717, 1.165) is 11.5 Å². The van der Waals surface area contributed by atoms with E-state index in [4.69, 9.17) is 0 Å². The first-order chi connectivity index (χ1) is 10.7. The van der Waals surface area contributed by atoms with Crippen LogP contribution in [0.3, 0.4) is 0 Å². The summed E-state index contributed by atoms with van der Waals surface area (Å²) in [4.78, 5) is 0. The summed E-state index contributed by atoms with van der Waals surface area (Å²) in [6.07, 6.45) is 15.8. The van der Waals surface area contributed by atoms with Gasteiger partial charge < -0.3 is 0 Å². The topological polar surface area (TPSA) is 0 Å². The number of allylic oxidation sites excluding steroid dienone is 4. The van der Waals surface area contributed by atoms with Crippen molar-refractivity contribution in [2.45, 2.75) is 63.5 Å². The van der Waals surface area contributed by atoms with Gasteiger partial charge in [0.25, 0.3) is 0 Å². The van der Waals surface area contributed by atoms with Gasteiger partial charge in [0, 0.05) is 6.42 Å². The molecule has 1 atom stereocenters. The summed E-state index contributed by atoms with van der Waals surface area (Å²) in [7, 11) is 0. The van der Waals surface area contributed by atoms with E-state index < -0.39 is 5.67 Å². The highest BCUT2D eigenvalue weighted by Crippen LogP contribution is 2.39. The predicted octanol–water partition coefficient (Wildman–Crippen LogP) is 6.44. The monoisotopic (exact) mass is 298 g/mol. The lowest BCUT2D eigenvalue weighted by Gasteiger charge is -2.29. The van der Waals surface area contributed by atoms with E-state index in [0.29, 0.717) is 12.3 Å². The van der Waals surface area contributed by atoms with E-state index in [9.17, 15) is 4.39 Å². The van der Waals surface area contributed by atoms with E-state index in [1.54, 1.807) is 6.08 Å². The average molecular weight is 298 g/mol. The van der Waals surface area contributed by atoms with Crippen molar-refractivity contribution >= 4 is 0 Å². The molecule has 22 heavy (non-hydrogen) atoms. The smallest absolute Gasteiger partial charge is 0.157 e. The number of benzene rings is 1. The lowest BCUT2D eigenvalue weighted by atomic mass is 9.77. The van der Waals surface area contributed by atoms with Crippen LogP contribution in [0.25, 0.3) is 0 Å². The Bertz CT molecular complexity index is 532. The van der Waals surface area contributed by atoms with Crippen molar-refractivity contribution in [3.05, 3.63) is 59.7 Å². The van der Waals surface area contributed by atoms with Gasteiger partial charge in [-0.3, -0.25) is 0 Å². The van der Waals surface area contributed by atoms with Crippen LogP contribution in [0.4, 0.5) is 4.39 Å². The first-order valence-corrected chi connectivity index (χ1v) is 8.85. The van der Waals surface area contributed by atoms with Crippen molar-refractivity contribution in [3.63, 3.8) is 0 Å². The molecule has 0 heterocycles. The first kappa shape index (κ1) is 15.5. The van der Waals surface area contributed by atoms with Crippen molar-refractivity contribution in [2.24, 2.45) is 5.92 Å². The predicted molar refractivity (Wildman–Crippen MR) is 91.7 cm³/mol. The highest BCUT2D eigenvalue weighted by molar-refractivity contribution is 5.35. The van der Waals surface area contributed by atoms with E-state index in [1.807, 2.05) is 30.4 Å². The van der Waals surface area contributed by atoms with Crippen LogP contribution < -0.4 is 0 Å². The third-order valence-corrected chi connectivity index (χ3v) is 5.43. The molecule has 0 amide bonds. The molecule has 1 unspecified atom stereocenters.